The highest BCUT2D eigenvalue weighted by Gasteiger charge is 2.20. The van der Waals surface area contributed by atoms with Gasteiger partial charge in [-0.05, 0) is 35.9 Å². The highest BCUT2D eigenvalue weighted by atomic mass is 35.5. The largest absolute Gasteiger partial charge is 0.449 e. The zero-order valence-electron chi connectivity index (χ0n) is 14.4. The monoisotopic (exact) mass is 376 g/mol. The van der Waals surface area contributed by atoms with Gasteiger partial charge in [0.15, 0.2) is 0 Å². The van der Waals surface area contributed by atoms with Gasteiger partial charge in [0.2, 0.25) is 5.76 Å². The first-order chi connectivity index (χ1) is 13.2. The van der Waals surface area contributed by atoms with Gasteiger partial charge in [-0.3, -0.25) is 4.79 Å². The smallest absolute Gasteiger partial charge is 0.293 e. The van der Waals surface area contributed by atoms with E-state index in [1.165, 1.54) is 0 Å². The van der Waals surface area contributed by atoms with Crippen molar-refractivity contribution in [1.82, 2.24) is 0 Å². The first kappa shape index (κ1) is 17.2. The van der Waals surface area contributed by atoms with Crippen LogP contribution in [-0.4, -0.2) is 5.91 Å². The molecule has 5 heteroatoms. The maximum absolute atomic E-state index is 12.8. The van der Waals surface area contributed by atoms with Crippen LogP contribution in [0.2, 0.25) is 5.02 Å². The van der Waals surface area contributed by atoms with E-state index in [9.17, 15) is 4.79 Å². The summed E-state index contributed by atoms with van der Waals surface area (Å²) in [6.45, 7) is 0.585. The molecule has 0 aliphatic carbocycles. The third-order valence-corrected chi connectivity index (χ3v) is 4.43. The molecule has 1 amide bonds. The molecule has 0 saturated carbocycles. The Balaban J connectivity index is 1.65. The van der Waals surface area contributed by atoms with Crippen molar-refractivity contribution < 1.29 is 9.21 Å². The number of hydrogen-bond donors (Lipinski definition) is 2. The summed E-state index contributed by atoms with van der Waals surface area (Å²) >= 11 is 6.00. The molecule has 0 radical (unpaired) electrons. The lowest BCUT2D eigenvalue weighted by Gasteiger charge is -2.08. The van der Waals surface area contributed by atoms with Gasteiger partial charge in [0, 0.05) is 22.6 Å². The second-order valence-corrected chi connectivity index (χ2v) is 6.54. The molecule has 0 bridgehead atoms. The SMILES string of the molecule is O=C(Nc1cccc(Cl)c1)c1oc2ccccc2c1NCc1ccccc1. The molecule has 0 aliphatic rings. The van der Waals surface area contributed by atoms with Gasteiger partial charge in [-0.1, -0.05) is 60.1 Å². The first-order valence-electron chi connectivity index (χ1n) is 8.57. The summed E-state index contributed by atoms with van der Waals surface area (Å²) in [5.41, 5.74) is 3.06. The molecule has 0 unspecified atom stereocenters. The predicted molar refractivity (Wildman–Crippen MR) is 109 cm³/mol. The lowest BCUT2D eigenvalue weighted by Crippen LogP contribution is -2.13. The number of para-hydroxylation sites is 1. The number of amides is 1. The Hall–Kier alpha value is -3.24. The molecule has 0 atom stereocenters. The van der Waals surface area contributed by atoms with E-state index in [0.717, 1.165) is 10.9 Å². The maximum Gasteiger partial charge on any atom is 0.293 e. The van der Waals surface area contributed by atoms with Crippen LogP contribution in [0.4, 0.5) is 11.4 Å². The van der Waals surface area contributed by atoms with Crippen molar-refractivity contribution in [3.05, 3.63) is 95.2 Å². The van der Waals surface area contributed by atoms with Gasteiger partial charge in [-0.2, -0.15) is 0 Å². The van der Waals surface area contributed by atoms with Crippen molar-refractivity contribution in [2.45, 2.75) is 6.54 Å². The minimum absolute atomic E-state index is 0.243. The molecule has 0 spiro atoms. The molecule has 4 aromatic rings. The summed E-state index contributed by atoms with van der Waals surface area (Å²) in [6, 6.07) is 24.6. The zero-order valence-corrected chi connectivity index (χ0v) is 15.2. The molecule has 3 aromatic carbocycles. The Labute approximate surface area is 161 Å². The topological polar surface area (TPSA) is 54.3 Å². The number of halogens is 1. The number of rotatable bonds is 5. The van der Waals surface area contributed by atoms with E-state index < -0.39 is 0 Å². The molecule has 4 rings (SSSR count). The van der Waals surface area contributed by atoms with E-state index in [1.54, 1.807) is 24.3 Å². The van der Waals surface area contributed by atoms with Crippen molar-refractivity contribution in [2.24, 2.45) is 0 Å². The minimum atomic E-state index is -0.330. The molecule has 0 fully saturated rings. The van der Waals surface area contributed by atoms with Crippen LogP contribution in [0.25, 0.3) is 11.0 Å². The second-order valence-electron chi connectivity index (χ2n) is 6.11. The fraction of sp³-hybridized carbons (Fsp3) is 0.0455. The van der Waals surface area contributed by atoms with Crippen LogP contribution in [0, 0.1) is 0 Å². The number of anilines is 2. The van der Waals surface area contributed by atoms with Gasteiger partial charge in [0.05, 0.1) is 5.69 Å². The highest BCUT2D eigenvalue weighted by molar-refractivity contribution is 6.31. The van der Waals surface area contributed by atoms with Crippen LogP contribution < -0.4 is 10.6 Å². The van der Waals surface area contributed by atoms with Crippen LogP contribution in [0.3, 0.4) is 0 Å². The third kappa shape index (κ3) is 3.81. The fourth-order valence-electron chi connectivity index (χ4n) is 2.92. The molecule has 1 aromatic heterocycles. The van der Waals surface area contributed by atoms with Gasteiger partial charge < -0.3 is 15.1 Å². The first-order valence-corrected chi connectivity index (χ1v) is 8.95. The van der Waals surface area contributed by atoms with Crippen molar-refractivity contribution >= 4 is 39.9 Å². The molecular formula is C22H17ClN2O2. The average Bonchev–Trinajstić information content (AvgIpc) is 3.06. The van der Waals surface area contributed by atoms with E-state index in [2.05, 4.69) is 10.6 Å². The Morgan fingerprint density at radius 3 is 2.52 bits per heavy atom. The standard InChI is InChI=1S/C22H17ClN2O2/c23-16-9-6-10-17(13-16)25-22(26)21-20(18-11-4-5-12-19(18)27-21)24-14-15-7-2-1-3-8-15/h1-13,24H,14H2,(H,25,26). The Bertz CT molecular complexity index is 1090. The van der Waals surface area contributed by atoms with Crippen LogP contribution in [-0.2, 0) is 6.54 Å². The molecule has 1 heterocycles. The van der Waals surface area contributed by atoms with Crippen LogP contribution in [0.15, 0.2) is 83.3 Å². The average molecular weight is 377 g/mol. The third-order valence-electron chi connectivity index (χ3n) is 4.20. The lowest BCUT2D eigenvalue weighted by atomic mass is 10.2. The summed E-state index contributed by atoms with van der Waals surface area (Å²) in [4.78, 5) is 12.8. The number of carbonyl (C=O) groups excluding carboxylic acids is 1. The van der Waals surface area contributed by atoms with E-state index in [-0.39, 0.29) is 11.7 Å². The lowest BCUT2D eigenvalue weighted by molar-refractivity contribution is 0.0999. The quantitative estimate of drug-likeness (QED) is 0.452. The molecule has 0 aliphatic heterocycles. The minimum Gasteiger partial charge on any atom is -0.449 e. The van der Waals surface area contributed by atoms with Crippen molar-refractivity contribution in [1.29, 1.82) is 0 Å². The Kier molecular flexibility index (Phi) is 4.81. The number of furan rings is 1. The van der Waals surface area contributed by atoms with Crippen LogP contribution in [0.5, 0.6) is 0 Å². The second kappa shape index (κ2) is 7.56. The number of carbonyl (C=O) groups is 1. The van der Waals surface area contributed by atoms with Crippen molar-refractivity contribution in [3.8, 4) is 0 Å². The molecule has 2 N–H and O–H groups in total. The zero-order chi connectivity index (χ0) is 18.6. The van der Waals surface area contributed by atoms with Gasteiger partial charge in [-0.25, -0.2) is 0 Å². The Morgan fingerprint density at radius 1 is 0.926 bits per heavy atom. The molecule has 4 nitrogen and oxygen atoms in total. The van der Waals surface area contributed by atoms with Crippen LogP contribution in [0.1, 0.15) is 16.1 Å². The summed E-state index contributed by atoms with van der Waals surface area (Å²) < 4.78 is 5.84. The molecule has 27 heavy (non-hydrogen) atoms. The summed E-state index contributed by atoms with van der Waals surface area (Å²) in [5, 5.41) is 7.61. The summed E-state index contributed by atoms with van der Waals surface area (Å²) in [5.74, 6) is -0.0869. The summed E-state index contributed by atoms with van der Waals surface area (Å²) in [7, 11) is 0. The highest BCUT2D eigenvalue weighted by Crippen LogP contribution is 2.32. The molecular weight excluding hydrogens is 360 g/mol. The number of fused-ring (bicyclic) bond motifs is 1. The van der Waals surface area contributed by atoms with E-state index in [4.69, 9.17) is 16.0 Å². The van der Waals surface area contributed by atoms with Crippen LogP contribution >= 0.6 is 11.6 Å². The van der Waals surface area contributed by atoms with E-state index >= 15 is 0 Å². The molecule has 0 saturated heterocycles. The predicted octanol–water partition coefficient (Wildman–Crippen LogP) is 5.95. The Morgan fingerprint density at radius 2 is 1.70 bits per heavy atom. The van der Waals surface area contributed by atoms with Crippen molar-refractivity contribution in [3.63, 3.8) is 0 Å². The summed E-state index contributed by atoms with van der Waals surface area (Å²) in [6.07, 6.45) is 0. The fourth-order valence-corrected chi connectivity index (χ4v) is 3.11. The normalized spacial score (nSPS) is 10.7. The number of hydrogen-bond acceptors (Lipinski definition) is 3. The van der Waals surface area contributed by atoms with Crippen molar-refractivity contribution in [2.75, 3.05) is 10.6 Å². The van der Waals surface area contributed by atoms with Gasteiger partial charge in [0.1, 0.15) is 5.58 Å². The van der Waals surface area contributed by atoms with E-state index in [1.807, 2.05) is 54.6 Å². The maximum atomic E-state index is 12.8. The van der Waals surface area contributed by atoms with Gasteiger partial charge in [0.25, 0.3) is 5.91 Å². The number of benzene rings is 3. The van der Waals surface area contributed by atoms with Gasteiger partial charge >= 0.3 is 0 Å². The number of nitrogens with one attached hydrogen (secondary N) is 2. The van der Waals surface area contributed by atoms with Gasteiger partial charge in [-0.15, -0.1) is 0 Å². The molecule has 134 valence electrons. The van der Waals surface area contributed by atoms with E-state index in [0.29, 0.717) is 28.5 Å².